The predicted molar refractivity (Wildman–Crippen MR) is 32.5 cm³/mol. The molecule has 0 aliphatic heterocycles. The molecule has 0 aliphatic carbocycles. The van der Waals surface area contributed by atoms with Crippen LogP contribution in [0.25, 0.3) is 0 Å². The van der Waals surface area contributed by atoms with Gasteiger partial charge in [0.2, 0.25) is 0 Å². The number of rotatable bonds is 1. The summed E-state index contributed by atoms with van der Waals surface area (Å²) in [5.41, 5.74) is 3.27. The summed E-state index contributed by atoms with van der Waals surface area (Å²) >= 11 is 0. The van der Waals surface area contributed by atoms with Crippen molar-refractivity contribution < 1.29 is 14.3 Å². The number of amides is 1. The Balaban J connectivity index is 0. The van der Waals surface area contributed by atoms with Gasteiger partial charge in [0.25, 0.3) is 7.37 Å². The van der Waals surface area contributed by atoms with Crippen molar-refractivity contribution in [3.8, 4) is 0 Å². The van der Waals surface area contributed by atoms with E-state index in [4.69, 9.17) is 4.89 Å². The first kappa shape index (κ1) is 11.5. The molecule has 1 amide bonds. The number of primary amides is 1. The van der Waals surface area contributed by atoms with Crippen molar-refractivity contribution >= 4 is 42.6 Å². The van der Waals surface area contributed by atoms with Crippen LogP contribution < -0.4 is 5.73 Å². The van der Waals surface area contributed by atoms with Gasteiger partial charge in [0.15, 0.2) is 0 Å². The van der Waals surface area contributed by atoms with Crippen molar-refractivity contribution in [2.75, 3.05) is 6.66 Å². The molecular weight excluding hydrogens is 140 g/mol. The Labute approximate surface area is 69.2 Å². The van der Waals surface area contributed by atoms with Crippen LogP contribution in [0, 0.1) is 0 Å². The van der Waals surface area contributed by atoms with Crippen molar-refractivity contribution in [1.82, 2.24) is 0 Å². The Bertz CT molecular complexity index is 129. The van der Waals surface area contributed by atoms with Crippen LogP contribution in [0.2, 0.25) is 0 Å². The molecule has 44 valence electrons. The Morgan fingerprint density at radius 3 is 1.88 bits per heavy atom. The number of hydrogen-bond acceptors (Lipinski definition) is 2. The number of hydrogen-bond donors (Lipinski definition) is 2. The van der Waals surface area contributed by atoms with Gasteiger partial charge in [-0.1, -0.05) is 0 Å². The Kier molecular flexibility index (Phi) is 5.21. The van der Waals surface area contributed by atoms with Crippen molar-refractivity contribution in [3.63, 3.8) is 0 Å². The quantitative estimate of drug-likeness (QED) is 0.380. The first-order valence-electron chi connectivity index (χ1n) is 1.55. The van der Waals surface area contributed by atoms with Crippen LogP contribution in [0.15, 0.2) is 0 Å². The Morgan fingerprint density at radius 1 is 1.75 bits per heavy atom. The fourth-order valence-electron chi connectivity index (χ4n) is 0. The first-order chi connectivity index (χ1) is 2.94. The predicted octanol–water partition coefficient (Wildman–Crippen LogP) is -0.683. The summed E-state index contributed by atoms with van der Waals surface area (Å²) in [6.07, 6.45) is 0. The molecule has 0 radical (unpaired) electrons. The molecule has 8 heavy (non-hydrogen) atoms. The molecule has 1 atom stereocenters. The summed E-state index contributed by atoms with van der Waals surface area (Å²) in [5, 5.41) is 0. The van der Waals surface area contributed by atoms with Gasteiger partial charge in [0.05, 0.1) is 0 Å². The molecule has 3 N–H and O–H groups in total. The van der Waals surface area contributed by atoms with E-state index in [2.05, 4.69) is 5.73 Å². The van der Waals surface area contributed by atoms with Gasteiger partial charge in [-0.25, -0.2) is 0 Å². The molecular formula is C2H7NNaO3P. The standard InChI is InChI=1S/C2H6NO3P.Na.H/c1-7(5,6)2(3)4;;/h1H3,(H2,3,4)(H,5,6);;. The van der Waals surface area contributed by atoms with E-state index in [1.54, 1.807) is 0 Å². The van der Waals surface area contributed by atoms with Gasteiger partial charge in [0, 0.05) is 6.66 Å². The van der Waals surface area contributed by atoms with Crippen molar-refractivity contribution in [1.29, 1.82) is 0 Å². The van der Waals surface area contributed by atoms with Crippen molar-refractivity contribution in [2.24, 2.45) is 5.73 Å². The average Bonchev–Trinajstić information content (AvgIpc) is 1.31. The zero-order valence-corrected chi connectivity index (χ0v) is 4.68. The molecule has 0 saturated heterocycles. The summed E-state index contributed by atoms with van der Waals surface area (Å²) in [7, 11) is -3.60. The van der Waals surface area contributed by atoms with E-state index < -0.39 is 13.0 Å². The van der Waals surface area contributed by atoms with Crippen LogP contribution >= 0.6 is 7.37 Å². The van der Waals surface area contributed by atoms with E-state index in [0.29, 0.717) is 0 Å². The second-order valence-corrected chi connectivity index (χ2v) is 3.42. The van der Waals surface area contributed by atoms with Gasteiger partial charge >= 0.3 is 35.2 Å². The first-order valence-corrected chi connectivity index (χ1v) is 3.65. The van der Waals surface area contributed by atoms with Crippen LogP contribution in [0.4, 0.5) is 4.79 Å². The van der Waals surface area contributed by atoms with Crippen LogP contribution in [0.3, 0.4) is 0 Å². The molecule has 4 nitrogen and oxygen atoms in total. The topological polar surface area (TPSA) is 80.4 Å². The fourth-order valence-corrected chi connectivity index (χ4v) is 0. The normalized spacial score (nSPS) is 15.8. The molecule has 0 spiro atoms. The minimum atomic E-state index is -3.60. The Hall–Kier alpha value is 0.660. The molecule has 0 heterocycles. The van der Waals surface area contributed by atoms with Gasteiger partial charge in [-0.05, 0) is 0 Å². The summed E-state index contributed by atoms with van der Waals surface area (Å²) in [6, 6.07) is 0. The van der Waals surface area contributed by atoms with Crippen LogP contribution in [0.5, 0.6) is 0 Å². The van der Waals surface area contributed by atoms with Gasteiger partial charge in [-0.2, -0.15) is 0 Å². The molecule has 0 rings (SSSR count). The van der Waals surface area contributed by atoms with E-state index in [9.17, 15) is 9.36 Å². The second-order valence-electron chi connectivity index (χ2n) is 1.22. The summed E-state index contributed by atoms with van der Waals surface area (Å²) < 4.78 is 10.00. The Morgan fingerprint density at radius 2 is 1.88 bits per heavy atom. The number of nitrogens with two attached hydrogens (primary N) is 1. The molecule has 6 heteroatoms. The molecule has 0 aliphatic rings. The summed E-state index contributed by atoms with van der Waals surface area (Å²) in [4.78, 5) is 17.9. The molecule has 0 aromatic rings. The zero-order chi connectivity index (χ0) is 6.08. The molecule has 0 fully saturated rings. The maximum absolute atomic E-state index is 10.00. The van der Waals surface area contributed by atoms with Crippen molar-refractivity contribution in [3.05, 3.63) is 0 Å². The molecule has 0 aromatic carbocycles. The molecule has 1 unspecified atom stereocenters. The van der Waals surface area contributed by atoms with E-state index in [-0.39, 0.29) is 29.6 Å². The van der Waals surface area contributed by atoms with Crippen LogP contribution in [0.1, 0.15) is 0 Å². The SMILES string of the molecule is CP(=O)(O)C(N)=O.[NaH]. The summed E-state index contributed by atoms with van der Waals surface area (Å²) in [5.74, 6) is 0. The van der Waals surface area contributed by atoms with Crippen molar-refractivity contribution in [2.45, 2.75) is 0 Å². The fraction of sp³-hybridized carbons (Fsp3) is 0.500. The summed E-state index contributed by atoms with van der Waals surface area (Å²) in [6.45, 7) is 0.898. The third-order valence-electron chi connectivity index (χ3n) is 0.409. The average molecular weight is 147 g/mol. The van der Waals surface area contributed by atoms with E-state index in [1.807, 2.05) is 0 Å². The van der Waals surface area contributed by atoms with Gasteiger partial charge in [-0.3, -0.25) is 9.36 Å². The monoisotopic (exact) mass is 147 g/mol. The minimum absolute atomic E-state index is 0. The van der Waals surface area contributed by atoms with E-state index in [1.165, 1.54) is 0 Å². The zero-order valence-electron chi connectivity index (χ0n) is 3.79. The van der Waals surface area contributed by atoms with Crippen LogP contribution in [-0.4, -0.2) is 46.8 Å². The molecule has 0 saturated carbocycles. The maximum atomic E-state index is 10.00. The van der Waals surface area contributed by atoms with Gasteiger partial charge in [0.1, 0.15) is 0 Å². The molecule has 0 bridgehead atoms. The van der Waals surface area contributed by atoms with Gasteiger partial charge < -0.3 is 10.6 Å². The second kappa shape index (κ2) is 3.64. The molecule has 0 aromatic heterocycles. The van der Waals surface area contributed by atoms with Gasteiger partial charge in [-0.15, -0.1) is 0 Å². The number of carbonyl (C=O) groups is 1. The van der Waals surface area contributed by atoms with E-state index >= 15 is 0 Å². The van der Waals surface area contributed by atoms with Crippen LogP contribution in [-0.2, 0) is 4.57 Å². The number of carbonyl (C=O) groups excluding carboxylic acids is 1. The van der Waals surface area contributed by atoms with E-state index in [0.717, 1.165) is 6.66 Å². The third kappa shape index (κ3) is 4.81. The third-order valence-corrected chi connectivity index (χ3v) is 1.23.